The van der Waals surface area contributed by atoms with Gasteiger partial charge in [-0.3, -0.25) is 4.98 Å². The van der Waals surface area contributed by atoms with Crippen molar-refractivity contribution in [3.05, 3.63) is 54.1 Å². The zero-order valence-electron chi connectivity index (χ0n) is 9.50. The number of hydrogen-bond donors (Lipinski definition) is 1. The van der Waals surface area contributed by atoms with Gasteiger partial charge in [0.2, 0.25) is 0 Å². The van der Waals surface area contributed by atoms with Crippen molar-refractivity contribution in [2.45, 2.75) is 25.9 Å². The van der Waals surface area contributed by atoms with Crippen LogP contribution in [0.15, 0.2) is 43.0 Å². The molecule has 1 atom stereocenters. The first-order valence-electron chi connectivity index (χ1n) is 5.56. The maximum Gasteiger partial charge on any atom is 0.0300 e. The van der Waals surface area contributed by atoms with Gasteiger partial charge in [0.15, 0.2) is 0 Å². The van der Waals surface area contributed by atoms with Gasteiger partial charge in [-0.15, -0.1) is 0 Å². The van der Waals surface area contributed by atoms with Gasteiger partial charge in [0.05, 0.1) is 0 Å². The lowest BCUT2D eigenvalue weighted by molar-refractivity contribution is 0.693. The van der Waals surface area contributed by atoms with E-state index < -0.39 is 0 Å². The van der Waals surface area contributed by atoms with E-state index in [9.17, 15) is 0 Å². The van der Waals surface area contributed by atoms with Crippen LogP contribution in [0.25, 0.3) is 0 Å². The SMILES string of the molecule is CC(N)c1ccn(CCc2cccnc2)c1. The van der Waals surface area contributed by atoms with Crippen molar-refractivity contribution in [3.63, 3.8) is 0 Å². The van der Waals surface area contributed by atoms with Gasteiger partial charge in [0, 0.05) is 37.4 Å². The fourth-order valence-corrected chi connectivity index (χ4v) is 1.67. The predicted octanol–water partition coefficient (Wildman–Crippen LogP) is 2.15. The second-order valence-electron chi connectivity index (χ2n) is 4.08. The Labute approximate surface area is 95.9 Å². The second-order valence-corrected chi connectivity index (χ2v) is 4.08. The van der Waals surface area contributed by atoms with Crippen molar-refractivity contribution in [1.82, 2.24) is 9.55 Å². The van der Waals surface area contributed by atoms with Gasteiger partial charge in [0.1, 0.15) is 0 Å². The number of aryl methyl sites for hydroxylation is 2. The summed E-state index contributed by atoms with van der Waals surface area (Å²) in [5.74, 6) is 0. The van der Waals surface area contributed by atoms with Crippen molar-refractivity contribution in [3.8, 4) is 0 Å². The highest BCUT2D eigenvalue weighted by Crippen LogP contribution is 2.10. The van der Waals surface area contributed by atoms with Crippen LogP contribution in [0, 0.1) is 0 Å². The Hall–Kier alpha value is -1.61. The highest BCUT2D eigenvalue weighted by Gasteiger charge is 2.01. The molecule has 0 bridgehead atoms. The first-order chi connectivity index (χ1) is 7.75. The predicted molar refractivity (Wildman–Crippen MR) is 65.0 cm³/mol. The minimum Gasteiger partial charge on any atom is -0.354 e. The van der Waals surface area contributed by atoms with Crippen LogP contribution in [0.5, 0.6) is 0 Å². The van der Waals surface area contributed by atoms with E-state index >= 15 is 0 Å². The minimum absolute atomic E-state index is 0.111. The molecule has 2 N–H and O–H groups in total. The molecule has 2 aromatic heterocycles. The third kappa shape index (κ3) is 2.70. The van der Waals surface area contributed by atoms with Gasteiger partial charge in [0.25, 0.3) is 0 Å². The monoisotopic (exact) mass is 215 g/mol. The van der Waals surface area contributed by atoms with Crippen LogP contribution < -0.4 is 5.73 Å². The summed E-state index contributed by atoms with van der Waals surface area (Å²) in [4.78, 5) is 4.10. The molecule has 0 radical (unpaired) electrons. The molecule has 84 valence electrons. The number of pyridine rings is 1. The van der Waals surface area contributed by atoms with Crippen LogP contribution in [0.2, 0.25) is 0 Å². The summed E-state index contributed by atoms with van der Waals surface area (Å²) in [5.41, 5.74) is 8.26. The van der Waals surface area contributed by atoms with E-state index in [4.69, 9.17) is 5.73 Å². The number of aromatic nitrogens is 2. The molecular weight excluding hydrogens is 198 g/mol. The Morgan fingerprint density at radius 1 is 1.44 bits per heavy atom. The van der Waals surface area contributed by atoms with Gasteiger partial charge in [-0.25, -0.2) is 0 Å². The average Bonchev–Trinajstić information content (AvgIpc) is 2.76. The number of nitrogens with two attached hydrogens (primary N) is 1. The molecule has 0 amide bonds. The van der Waals surface area contributed by atoms with Crippen LogP contribution in [0.1, 0.15) is 24.1 Å². The minimum atomic E-state index is 0.111. The summed E-state index contributed by atoms with van der Waals surface area (Å²) < 4.78 is 2.17. The summed E-state index contributed by atoms with van der Waals surface area (Å²) in [6.07, 6.45) is 8.90. The van der Waals surface area contributed by atoms with E-state index in [1.807, 2.05) is 19.2 Å². The molecule has 0 fully saturated rings. The third-order valence-corrected chi connectivity index (χ3v) is 2.68. The normalized spacial score (nSPS) is 12.6. The second kappa shape index (κ2) is 4.94. The Morgan fingerprint density at radius 2 is 2.31 bits per heavy atom. The molecule has 0 aromatic carbocycles. The Balaban J connectivity index is 1.95. The van der Waals surface area contributed by atoms with Crippen molar-refractivity contribution < 1.29 is 0 Å². The molecule has 1 unspecified atom stereocenters. The largest absolute Gasteiger partial charge is 0.354 e. The molecule has 2 aromatic rings. The number of nitrogens with zero attached hydrogens (tertiary/aromatic N) is 2. The third-order valence-electron chi connectivity index (χ3n) is 2.68. The van der Waals surface area contributed by atoms with E-state index in [0.29, 0.717) is 0 Å². The highest BCUT2D eigenvalue weighted by molar-refractivity contribution is 5.14. The summed E-state index contributed by atoms with van der Waals surface area (Å²) in [6, 6.07) is 6.26. The number of rotatable bonds is 4. The molecule has 2 heterocycles. The van der Waals surface area contributed by atoms with Crippen molar-refractivity contribution in [2.75, 3.05) is 0 Å². The molecule has 0 saturated heterocycles. The molecule has 3 nitrogen and oxygen atoms in total. The van der Waals surface area contributed by atoms with Gasteiger partial charge < -0.3 is 10.3 Å². The van der Waals surface area contributed by atoms with Gasteiger partial charge in [-0.1, -0.05) is 6.07 Å². The van der Waals surface area contributed by atoms with E-state index in [1.54, 1.807) is 6.20 Å². The summed E-state index contributed by atoms with van der Waals surface area (Å²) in [7, 11) is 0. The van der Waals surface area contributed by atoms with Crippen molar-refractivity contribution in [1.29, 1.82) is 0 Å². The Bertz CT molecular complexity index is 431. The topological polar surface area (TPSA) is 43.8 Å². The Kier molecular flexibility index (Phi) is 3.37. The van der Waals surface area contributed by atoms with Crippen LogP contribution in [0.4, 0.5) is 0 Å². The van der Waals surface area contributed by atoms with Gasteiger partial charge in [-0.2, -0.15) is 0 Å². The summed E-state index contributed by atoms with van der Waals surface area (Å²) >= 11 is 0. The van der Waals surface area contributed by atoms with E-state index in [1.165, 1.54) is 11.1 Å². The maximum atomic E-state index is 5.81. The fourth-order valence-electron chi connectivity index (χ4n) is 1.67. The lowest BCUT2D eigenvalue weighted by atomic mass is 10.2. The first kappa shape index (κ1) is 10.9. The quantitative estimate of drug-likeness (QED) is 0.849. The fraction of sp³-hybridized carbons (Fsp3) is 0.308. The molecule has 2 rings (SSSR count). The van der Waals surface area contributed by atoms with Crippen LogP contribution >= 0.6 is 0 Å². The maximum absolute atomic E-state index is 5.81. The highest BCUT2D eigenvalue weighted by atomic mass is 14.9. The number of hydrogen-bond acceptors (Lipinski definition) is 2. The lowest BCUT2D eigenvalue weighted by Gasteiger charge is -2.03. The molecule has 0 aliphatic rings. The molecule has 0 aliphatic carbocycles. The smallest absolute Gasteiger partial charge is 0.0300 e. The van der Waals surface area contributed by atoms with Crippen molar-refractivity contribution in [2.24, 2.45) is 5.73 Å². The average molecular weight is 215 g/mol. The van der Waals surface area contributed by atoms with Gasteiger partial charge >= 0.3 is 0 Å². The van der Waals surface area contributed by atoms with E-state index in [2.05, 4.69) is 34.1 Å². The van der Waals surface area contributed by atoms with Crippen LogP contribution in [-0.2, 0) is 13.0 Å². The van der Waals surface area contributed by atoms with Crippen LogP contribution in [-0.4, -0.2) is 9.55 Å². The van der Waals surface area contributed by atoms with E-state index in [-0.39, 0.29) is 6.04 Å². The Morgan fingerprint density at radius 3 is 2.94 bits per heavy atom. The molecule has 0 spiro atoms. The lowest BCUT2D eigenvalue weighted by Crippen LogP contribution is -2.04. The van der Waals surface area contributed by atoms with E-state index in [0.717, 1.165) is 13.0 Å². The van der Waals surface area contributed by atoms with Crippen molar-refractivity contribution >= 4 is 0 Å². The summed E-state index contributed by atoms with van der Waals surface area (Å²) in [5, 5.41) is 0. The van der Waals surface area contributed by atoms with Gasteiger partial charge in [-0.05, 0) is 36.6 Å². The molecule has 16 heavy (non-hydrogen) atoms. The zero-order chi connectivity index (χ0) is 11.4. The first-order valence-corrected chi connectivity index (χ1v) is 5.56. The molecular formula is C13H17N3. The molecule has 3 heteroatoms. The summed E-state index contributed by atoms with van der Waals surface area (Å²) in [6.45, 7) is 2.97. The zero-order valence-corrected chi connectivity index (χ0v) is 9.50. The standard InChI is InChI=1S/C13H17N3/c1-11(14)13-5-8-16(10-13)7-4-12-3-2-6-15-9-12/h2-3,5-6,8-11H,4,7,14H2,1H3. The molecule has 0 aliphatic heterocycles. The molecule has 0 saturated carbocycles. The van der Waals surface area contributed by atoms with Crippen LogP contribution in [0.3, 0.4) is 0 Å².